The van der Waals surface area contributed by atoms with Crippen LogP contribution in [0, 0.1) is 5.82 Å². The smallest absolute Gasteiger partial charge is 0.410 e. The fraction of sp³-hybridized carbons (Fsp3) is 0.323. The third kappa shape index (κ3) is 6.56. The number of hydrogen-bond donors (Lipinski definition) is 2. The molecule has 0 spiro atoms. The summed E-state index contributed by atoms with van der Waals surface area (Å²) in [4.78, 5) is 23.2. The summed E-state index contributed by atoms with van der Waals surface area (Å²) in [7, 11) is 0. The zero-order chi connectivity index (χ0) is 28.9. The number of rotatable bonds is 9. The van der Waals surface area contributed by atoms with Crippen LogP contribution in [0.3, 0.4) is 0 Å². The van der Waals surface area contributed by atoms with Crippen molar-refractivity contribution in [3.63, 3.8) is 0 Å². The van der Waals surface area contributed by atoms with Gasteiger partial charge in [-0.25, -0.2) is 19.2 Å². The molecule has 2 N–H and O–H groups in total. The summed E-state index contributed by atoms with van der Waals surface area (Å²) < 4.78 is 31.4. The van der Waals surface area contributed by atoms with E-state index >= 15 is 0 Å². The lowest BCUT2D eigenvalue weighted by molar-refractivity contribution is 0.0159. The van der Waals surface area contributed by atoms with E-state index in [9.17, 15) is 9.18 Å². The highest BCUT2D eigenvalue weighted by Crippen LogP contribution is 2.36. The molecule has 11 heteroatoms. The number of carbonyl (C=O) groups is 1. The number of fused-ring (bicyclic) bond motifs is 1. The maximum atomic E-state index is 13.9. The zero-order valence-corrected chi connectivity index (χ0v) is 23.6. The number of nitrogens with zero attached hydrogens (tertiary/aromatic N) is 3. The van der Waals surface area contributed by atoms with E-state index in [4.69, 9.17) is 25.8 Å². The molecule has 1 unspecified atom stereocenters. The van der Waals surface area contributed by atoms with Gasteiger partial charge in [0.2, 0.25) is 0 Å². The number of aromatic nitrogens is 2. The molecule has 2 saturated heterocycles. The number of amides is 1. The summed E-state index contributed by atoms with van der Waals surface area (Å²) in [6, 6.07) is 17.9. The van der Waals surface area contributed by atoms with Gasteiger partial charge in [-0.15, -0.1) is 0 Å². The van der Waals surface area contributed by atoms with E-state index < -0.39 is 5.82 Å². The van der Waals surface area contributed by atoms with Crippen LogP contribution in [0.2, 0.25) is 5.02 Å². The Morgan fingerprint density at radius 1 is 1.14 bits per heavy atom. The molecule has 4 aromatic rings. The van der Waals surface area contributed by atoms with E-state index in [1.165, 1.54) is 12.4 Å². The van der Waals surface area contributed by atoms with E-state index in [-0.39, 0.29) is 29.9 Å². The Hall–Kier alpha value is -3.99. The Labute approximate surface area is 247 Å². The van der Waals surface area contributed by atoms with Gasteiger partial charge in [-0.05, 0) is 29.8 Å². The van der Waals surface area contributed by atoms with Gasteiger partial charge in [-0.1, -0.05) is 41.9 Å². The molecule has 218 valence electrons. The van der Waals surface area contributed by atoms with Crippen molar-refractivity contribution in [3.05, 3.63) is 83.4 Å². The number of halogens is 2. The van der Waals surface area contributed by atoms with E-state index in [1.54, 1.807) is 17.0 Å². The number of anilines is 1. The maximum absolute atomic E-state index is 13.9. The van der Waals surface area contributed by atoms with E-state index in [1.807, 2.05) is 42.5 Å². The molecule has 9 nitrogen and oxygen atoms in total. The zero-order valence-electron chi connectivity index (χ0n) is 22.9. The first-order chi connectivity index (χ1) is 20.5. The van der Waals surface area contributed by atoms with Crippen molar-refractivity contribution in [3.8, 4) is 17.0 Å². The molecular formula is C31H31ClFN5O4. The summed E-state index contributed by atoms with van der Waals surface area (Å²) in [5, 5.41) is 7.64. The average molecular weight is 592 g/mol. The Balaban J connectivity index is 1.19. The van der Waals surface area contributed by atoms with Gasteiger partial charge >= 0.3 is 6.09 Å². The molecule has 1 aromatic heterocycles. The lowest BCUT2D eigenvalue weighted by Crippen LogP contribution is -2.57. The average Bonchev–Trinajstić information content (AvgIpc) is 2.99. The van der Waals surface area contributed by atoms with E-state index in [0.717, 1.165) is 36.1 Å². The normalized spacial score (nSPS) is 17.1. The van der Waals surface area contributed by atoms with Crippen LogP contribution in [0.1, 0.15) is 12.0 Å². The summed E-state index contributed by atoms with van der Waals surface area (Å²) in [5.74, 6) is 0.143. The van der Waals surface area contributed by atoms with Crippen LogP contribution in [0.25, 0.3) is 22.2 Å². The molecule has 2 fully saturated rings. The minimum Gasteiger partial charge on any atom is -0.491 e. The van der Waals surface area contributed by atoms with Crippen LogP contribution in [-0.2, 0) is 16.1 Å². The molecule has 0 saturated carbocycles. The number of ether oxygens (including phenoxy) is 3. The van der Waals surface area contributed by atoms with Gasteiger partial charge < -0.3 is 29.7 Å². The highest BCUT2D eigenvalue weighted by atomic mass is 35.5. The maximum Gasteiger partial charge on any atom is 0.410 e. The summed E-state index contributed by atoms with van der Waals surface area (Å²) in [6.07, 6.45) is 1.95. The first-order valence-electron chi connectivity index (χ1n) is 13.9. The molecule has 3 aromatic carbocycles. The predicted octanol–water partition coefficient (Wildman–Crippen LogP) is 5.28. The highest BCUT2D eigenvalue weighted by molar-refractivity contribution is 6.31. The lowest BCUT2D eigenvalue weighted by atomic mass is 10.0. The van der Waals surface area contributed by atoms with Gasteiger partial charge in [0.05, 0.1) is 47.3 Å². The van der Waals surface area contributed by atoms with Crippen molar-refractivity contribution >= 4 is 34.3 Å². The largest absolute Gasteiger partial charge is 0.491 e. The van der Waals surface area contributed by atoms with Gasteiger partial charge in [-0.2, -0.15) is 0 Å². The second-order valence-electron chi connectivity index (χ2n) is 10.3. The van der Waals surface area contributed by atoms with E-state index in [0.29, 0.717) is 48.8 Å². The quantitative estimate of drug-likeness (QED) is 0.271. The first-order valence-corrected chi connectivity index (χ1v) is 14.3. The Morgan fingerprint density at radius 3 is 2.79 bits per heavy atom. The Morgan fingerprint density at radius 2 is 2.00 bits per heavy atom. The molecule has 0 radical (unpaired) electrons. The van der Waals surface area contributed by atoms with Gasteiger partial charge in [0.25, 0.3) is 0 Å². The summed E-state index contributed by atoms with van der Waals surface area (Å²) in [5.41, 5.74) is 3.66. The molecule has 0 bridgehead atoms. The van der Waals surface area contributed by atoms with Crippen LogP contribution >= 0.6 is 11.6 Å². The number of morpholine rings is 1. The fourth-order valence-corrected chi connectivity index (χ4v) is 5.23. The van der Waals surface area contributed by atoms with Crippen LogP contribution in [-0.4, -0.2) is 72.5 Å². The lowest BCUT2D eigenvalue weighted by Gasteiger charge is -2.39. The number of hydrogen-bond acceptors (Lipinski definition) is 8. The summed E-state index contributed by atoms with van der Waals surface area (Å²) >= 11 is 6.08. The molecule has 1 amide bonds. The van der Waals surface area contributed by atoms with Crippen molar-refractivity contribution in [2.75, 3.05) is 44.7 Å². The molecule has 2 aliphatic rings. The first kappa shape index (κ1) is 28.1. The third-order valence-corrected chi connectivity index (χ3v) is 7.63. The SMILES string of the molecule is O=C(OCc1ccccc1)N1CC(Nc2cc3c(-c4ccc(F)c(Cl)c4)ncnc3cc2OCCC2CNCCO2)C1. The Bertz CT molecular complexity index is 1550. The molecular weight excluding hydrogens is 561 g/mol. The number of benzene rings is 3. The fourth-order valence-electron chi connectivity index (χ4n) is 5.04. The van der Waals surface area contributed by atoms with Crippen molar-refractivity contribution in [1.29, 1.82) is 0 Å². The third-order valence-electron chi connectivity index (χ3n) is 7.34. The number of nitrogens with one attached hydrogen (secondary N) is 2. The number of carbonyl (C=O) groups excluding carboxylic acids is 1. The molecule has 2 aliphatic heterocycles. The van der Waals surface area contributed by atoms with Gasteiger partial charge in [-0.3, -0.25) is 0 Å². The molecule has 1 atom stereocenters. The van der Waals surface area contributed by atoms with Gasteiger partial charge in [0, 0.05) is 49.6 Å². The molecule has 3 heterocycles. The molecule has 6 rings (SSSR count). The van der Waals surface area contributed by atoms with Gasteiger partial charge in [0.15, 0.2) is 0 Å². The minimum atomic E-state index is -0.495. The Kier molecular flexibility index (Phi) is 8.64. The van der Waals surface area contributed by atoms with Crippen LogP contribution in [0.15, 0.2) is 67.0 Å². The minimum absolute atomic E-state index is 0.00620. The monoisotopic (exact) mass is 591 g/mol. The molecule has 0 aliphatic carbocycles. The molecule has 42 heavy (non-hydrogen) atoms. The van der Waals surface area contributed by atoms with Crippen molar-refractivity contribution in [1.82, 2.24) is 20.2 Å². The predicted molar refractivity (Wildman–Crippen MR) is 158 cm³/mol. The number of likely N-dealkylation sites (tertiary alicyclic amines) is 1. The van der Waals surface area contributed by atoms with E-state index in [2.05, 4.69) is 20.6 Å². The second-order valence-corrected chi connectivity index (χ2v) is 10.7. The van der Waals surface area contributed by atoms with Crippen LogP contribution < -0.4 is 15.4 Å². The van der Waals surface area contributed by atoms with Gasteiger partial charge in [0.1, 0.15) is 24.5 Å². The summed E-state index contributed by atoms with van der Waals surface area (Å²) in [6.45, 7) is 3.99. The van der Waals surface area contributed by atoms with Crippen LogP contribution in [0.5, 0.6) is 5.75 Å². The van der Waals surface area contributed by atoms with Crippen molar-refractivity contribution in [2.45, 2.75) is 25.2 Å². The second kappa shape index (κ2) is 12.9. The standard InChI is InChI=1S/C31H31ClFN5O4/c32-25-12-21(6-7-26(25)33)30-24-13-28(37-22-16-38(17-22)31(39)42-18-20-4-2-1-3-5-20)29(14-27(24)35-19-36-30)41-10-8-23-15-34-9-11-40-23/h1-7,12-14,19,22-23,34,37H,8-11,15-18H2. The topological polar surface area (TPSA) is 97.8 Å². The highest BCUT2D eigenvalue weighted by Gasteiger charge is 2.32. The van der Waals surface area contributed by atoms with Crippen molar-refractivity contribution < 1.29 is 23.4 Å². The van der Waals surface area contributed by atoms with Crippen molar-refractivity contribution in [2.24, 2.45) is 0 Å². The van der Waals surface area contributed by atoms with Crippen LogP contribution in [0.4, 0.5) is 14.9 Å².